The number of nitrogens with one attached hydrogen (secondary N) is 2. The summed E-state index contributed by atoms with van der Waals surface area (Å²) in [7, 11) is 2.16. The fourth-order valence-electron chi connectivity index (χ4n) is 2.83. The summed E-state index contributed by atoms with van der Waals surface area (Å²) in [5.74, 6) is -0.0340. The molecule has 2 aromatic rings. The van der Waals surface area contributed by atoms with Crippen molar-refractivity contribution >= 4 is 16.8 Å². The zero-order valence-electron chi connectivity index (χ0n) is 13.0. The van der Waals surface area contributed by atoms with E-state index in [0.717, 1.165) is 50.0 Å². The van der Waals surface area contributed by atoms with E-state index in [2.05, 4.69) is 32.4 Å². The van der Waals surface area contributed by atoms with Crippen LogP contribution >= 0.6 is 0 Å². The van der Waals surface area contributed by atoms with Crippen molar-refractivity contribution in [1.82, 2.24) is 25.3 Å². The monoisotopic (exact) mass is 301 g/mol. The molecule has 1 amide bonds. The van der Waals surface area contributed by atoms with Crippen LogP contribution in [0.2, 0.25) is 0 Å². The lowest BCUT2D eigenvalue weighted by molar-refractivity contribution is 0.0951. The molecule has 0 atom stereocenters. The Labute approximate surface area is 130 Å². The largest absolute Gasteiger partial charge is 0.352 e. The SMILES string of the molecule is CN1CCN(CCCNC(=O)c2cccc3cn[nH]c23)CC1. The van der Waals surface area contributed by atoms with E-state index in [1.807, 2.05) is 18.2 Å². The first-order chi connectivity index (χ1) is 10.7. The highest BCUT2D eigenvalue weighted by atomic mass is 16.1. The Kier molecular flexibility index (Phi) is 4.70. The number of carbonyl (C=O) groups excluding carboxylic acids is 1. The molecule has 22 heavy (non-hydrogen) atoms. The van der Waals surface area contributed by atoms with Crippen molar-refractivity contribution in [3.05, 3.63) is 30.0 Å². The van der Waals surface area contributed by atoms with E-state index >= 15 is 0 Å². The van der Waals surface area contributed by atoms with E-state index < -0.39 is 0 Å². The molecule has 1 aliphatic heterocycles. The zero-order valence-corrected chi connectivity index (χ0v) is 13.0. The summed E-state index contributed by atoms with van der Waals surface area (Å²) in [5, 5.41) is 10.9. The third-order valence-corrected chi connectivity index (χ3v) is 4.25. The van der Waals surface area contributed by atoms with E-state index in [0.29, 0.717) is 12.1 Å². The fourth-order valence-corrected chi connectivity index (χ4v) is 2.83. The molecule has 1 aliphatic rings. The van der Waals surface area contributed by atoms with Crippen LogP contribution in [0.1, 0.15) is 16.8 Å². The quantitative estimate of drug-likeness (QED) is 0.807. The molecule has 6 heteroatoms. The lowest BCUT2D eigenvalue weighted by Crippen LogP contribution is -2.45. The van der Waals surface area contributed by atoms with E-state index in [-0.39, 0.29) is 5.91 Å². The Morgan fingerprint density at radius 1 is 1.32 bits per heavy atom. The molecule has 118 valence electrons. The van der Waals surface area contributed by atoms with Gasteiger partial charge in [-0.2, -0.15) is 5.10 Å². The van der Waals surface area contributed by atoms with E-state index in [9.17, 15) is 4.79 Å². The van der Waals surface area contributed by atoms with Gasteiger partial charge in [-0.05, 0) is 26.1 Å². The van der Waals surface area contributed by atoms with Crippen molar-refractivity contribution in [1.29, 1.82) is 0 Å². The Balaban J connectivity index is 1.46. The summed E-state index contributed by atoms with van der Waals surface area (Å²) in [6.07, 6.45) is 2.72. The molecule has 2 heterocycles. The summed E-state index contributed by atoms with van der Waals surface area (Å²) in [4.78, 5) is 17.1. The highest BCUT2D eigenvalue weighted by molar-refractivity contribution is 6.05. The molecule has 0 aliphatic carbocycles. The smallest absolute Gasteiger partial charge is 0.253 e. The summed E-state index contributed by atoms with van der Waals surface area (Å²) in [6.45, 7) is 6.26. The number of amides is 1. The predicted molar refractivity (Wildman–Crippen MR) is 87.0 cm³/mol. The number of piperazine rings is 1. The van der Waals surface area contributed by atoms with Gasteiger partial charge >= 0.3 is 0 Å². The van der Waals surface area contributed by atoms with Crippen LogP contribution in [0.3, 0.4) is 0 Å². The van der Waals surface area contributed by atoms with Crippen molar-refractivity contribution in [2.24, 2.45) is 0 Å². The highest BCUT2D eigenvalue weighted by Gasteiger charge is 2.14. The second kappa shape index (κ2) is 6.89. The molecule has 3 rings (SSSR count). The van der Waals surface area contributed by atoms with Gasteiger partial charge in [0.2, 0.25) is 0 Å². The number of H-pyrrole nitrogens is 1. The van der Waals surface area contributed by atoms with E-state index in [1.54, 1.807) is 6.20 Å². The molecular formula is C16H23N5O. The van der Waals surface area contributed by atoms with E-state index in [1.165, 1.54) is 0 Å². The first kappa shape index (κ1) is 15.0. The average molecular weight is 301 g/mol. The Morgan fingerprint density at radius 2 is 2.14 bits per heavy atom. The first-order valence-electron chi connectivity index (χ1n) is 7.85. The topological polar surface area (TPSA) is 64.3 Å². The number of para-hydroxylation sites is 1. The van der Waals surface area contributed by atoms with Crippen molar-refractivity contribution in [2.75, 3.05) is 46.3 Å². The number of benzene rings is 1. The second-order valence-corrected chi connectivity index (χ2v) is 5.89. The molecule has 6 nitrogen and oxygen atoms in total. The Morgan fingerprint density at radius 3 is 2.95 bits per heavy atom. The number of aromatic nitrogens is 2. The predicted octanol–water partition coefficient (Wildman–Crippen LogP) is 0.930. The van der Waals surface area contributed by atoms with Crippen LogP contribution in [0, 0.1) is 0 Å². The maximum Gasteiger partial charge on any atom is 0.253 e. The summed E-state index contributed by atoms with van der Waals surface area (Å²) < 4.78 is 0. The van der Waals surface area contributed by atoms with Crippen LogP contribution in [0.15, 0.2) is 24.4 Å². The van der Waals surface area contributed by atoms with Gasteiger partial charge in [-0.15, -0.1) is 0 Å². The maximum atomic E-state index is 12.3. The lowest BCUT2D eigenvalue weighted by atomic mass is 10.1. The minimum Gasteiger partial charge on any atom is -0.352 e. The number of rotatable bonds is 5. The summed E-state index contributed by atoms with van der Waals surface area (Å²) >= 11 is 0. The van der Waals surface area contributed by atoms with Gasteiger partial charge in [0.25, 0.3) is 5.91 Å². The van der Waals surface area contributed by atoms with Gasteiger partial charge in [0.05, 0.1) is 17.3 Å². The molecule has 1 fully saturated rings. The first-order valence-corrected chi connectivity index (χ1v) is 7.85. The summed E-state index contributed by atoms with van der Waals surface area (Å²) in [5.41, 5.74) is 1.47. The molecule has 1 aromatic heterocycles. The summed E-state index contributed by atoms with van der Waals surface area (Å²) in [6, 6.07) is 5.66. The van der Waals surface area contributed by atoms with Gasteiger partial charge < -0.3 is 15.1 Å². The van der Waals surface area contributed by atoms with Crippen LogP contribution in [-0.2, 0) is 0 Å². The number of hydrogen-bond donors (Lipinski definition) is 2. The van der Waals surface area contributed by atoms with Crippen LogP contribution in [0.25, 0.3) is 10.9 Å². The van der Waals surface area contributed by atoms with Crippen molar-refractivity contribution in [3.8, 4) is 0 Å². The third-order valence-electron chi connectivity index (χ3n) is 4.25. The number of aromatic amines is 1. The lowest BCUT2D eigenvalue weighted by Gasteiger charge is -2.32. The molecule has 0 spiro atoms. The van der Waals surface area contributed by atoms with Gasteiger partial charge in [0.15, 0.2) is 0 Å². The molecule has 1 saturated heterocycles. The fraction of sp³-hybridized carbons (Fsp3) is 0.500. The molecule has 1 aromatic carbocycles. The van der Waals surface area contributed by atoms with E-state index in [4.69, 9.17) is 0 Å². The van der Waals surface area contributed by atoms with Gasteiger partial charge in [0, 0.05) is 38.1 Å². The van der Waals surface area contributed by atoms with Crippen LogP contribution < -0.4 is 5.32 Å². The highest BCUT2D eigenvalue weighted by Crippen LogP contribution is 2.15. The molecule has 0 unspecified atom stereocenters. The molecular weight excluding hydrogens is 278 g/mol. The van der Waals surface area contributed by atoms with Gasteiger partial charge in [-0.3, -0.25) is 9.89 Å². The van der Waals surface area contributed by atoms with Crippen LogP contribution in [-0.4, -0.2) is 72.2 Å². The van der Waals surface area contributed by atoms with Crippen molar-refractivity contribution in [3.63, 3.8) is 0 Å². The number of fused-ring (bicyclic) bond motifs is 1. The minimum atomic E-state index is -0.0340. The van der Waals surface area contributed by atoms with Crippen LogP contribution in [0.5, 0.6) is 0 Å². The second-order valence-electron chi connectivity index (χ2n) is 5.89. The number of carbonyl (C=O) groups is 1. The van der Waals surface area contributed by atoms with Gasteiger partial charge in [0.1, 0.15) is 0 Å². The Bertz CT molecular complexity index is 630. The van der Waals surface area contributed by atoms with Gasteiger partial charge in [-0.1, -0.05) is 12.1 Å². The maximum absolute atomic E-state index is 12.3. The van der Waals surface area contributed by atoms with Gasteiger partial charge in [-0.25, -0.2) is 0 Å². The number of hydrogen-bond acceptors (Lipinski definition) is 4. The zero-order chi connectivity index (χ0) is 15.4. The Hall–Kier alpha value is -1.92. The normalized spacial score (nSPS) is 17.0. The number of likely N-dealkylation sites (N-methyl/N-ethyl adjacent to an activating group) is 1. The number of nitrogens with zero attached hydrogens (tertiary/aromatic N) is 3. The molecule has 2 N–H and O–H groups in total. The van der Waals surface area contributed by atoms with Crippen molar-refractivity contribution in [2.45, 2.75) is 6.42 Å². The molecule has 0 radical (unpaired) electrons. The standard InChI is InChI=1S/C16H23N5O/c1-20-8-10-21(11-9-20)7-3-6-17-16(22)14-5-2-4-13-12-18-19-15(13)14/h2,4-5,12H,3,6-11H2,1H3,(H,17,22)(H,18,19). The van der Waals surface area contributed by atoms with Crippen molar-refractivity contribution < 1.29 is 4.79 Å². The third kappa shape index (κ3) is 3.45. The van der Waals surface area contributed by atoms with Crippen LogP contribution in [0.4, 0.5) is 0 Å². The molecule has 0 saturated carbocycles. The average Bonchev–Trinajstić information content (AvgIpc) is 3.01. The molecule has 0 bridgehead atoms. The minimum absolute atomic E-state index is 0.0340.